The Kier molecular flexibility index (Phi) is 2.23. The van der Waals surface area contributed by atoms with Crippen LogP contribution in [0.25, 0.3) is 10.8 Å². The summed E-state index contributed by atoms with van der Waals surface area (Å²) in [6.45, 7) is 0. The molecule has 13 heavy (non-hydrogen) atoms. The van der Waals surface area contributed by atoms with Crippen LogP contribution in [0.15, 0.2) is 34.8 Å². The second-order valence-electron chi connectivity index (χ2n) is 2.72. The smallest absolute Gasteiger partial charge is 0.127 e. The van der Waals surface area contributed by atoms with Gasteiger partial charge in [0.15, 0.2) is 0 Å². The molecule has 2 heteroatoms. The van der Waals surface area contributed by atoms with Crippen LogP contribution in [0.5, 0.6) is 5.75 Å². The molecular formula is C11H8BrO. The van der Waals surface area contributed by atoms with Gasteiger partial charge >= 0.3 is 0 Å². The van der Waals surface area contributed by atoms with E-state index < -0.39 is 0 Å². The van der Waals surface area contributed by atoms with Gasteiger partial charge in [-0.05, 0) is 22.0 Å². The van der Waals surface area contributed by atoms with Crippen molar-refractivity contribution in [2.24, 2.45) is 0 Å². The normalized spacial score (nSPS) is 10.3. The molecule has 65 valence electrons. The maximum absolute atomic E-state index is 5.23. The molecule has 2 rings (SSSR count). The van der Waals surface area contributed by atoms with E-state index in [-0.39, 0.29) is 0 Å². The Hall–Kier alpha value is -1.02. The summed E-state index contributed by atoms with van der Waals surface area (Å²) in [7, 11) is 1.67. The zero-order valence-electron chi connectivity index (χ0n) is 7.17. The molecule has 0 saturated heterocycles. The van der Waals surface area contributed by atoms with Gasteiger partial charge < -0.3 is 4.74 Å². The number of hydrogen-bond acceptors (Lipinski definition) is 1. The third kappa shape index (κ3) is 1.42. The molecule has 0 fully saturated rings. The van der Waals surface area contributed by atoms with Gasteiger partial charge in [0.05, 0.1) is 7.11 Å². The van der Waals surface area contributed by atoms with Gasteiger partial charge in [-0.2, -0.15) is 0 Å². The Balaban J connectivity index is 2.84. The highest BCUT2D eigenvalue weighted by atomic mass is 79.9. The molecule has 0 amide bonds. The lowest BCUT2D eigenvalue weighted by atomic mass is 10.1. The molecular weight excluding hydrogens is 228 g/mol. The molecule has 1 radical (unpaired) electrons. The van der Waals surface area contributed by atoms with E-state index in [2.05, 4.69) is 22.0 Å². The molecule has 0 heterocycles. The van der Waals surface area contributed by atoms with Crippen LogP contribution in [0.1, 0.15) is 0 Å². The van der Waals surface area contributed by atoms with Crippen molar-refractivity contribution in [3.05, 3.63) is 40.9 Å². The van der Waals surface area contributed by atoms with Crippen molar-refractivity contribution in [1.29, 1.82) is 0 Å². The van der Waals surface area contributed by atoms with Crippen LogP contribution in [0, 0.1) is 6.07 Å². The molecule has 0 aromatic heterocycles. The minimum Gasteiger partial charge on any atom is -0.496 e. The Morgan fingerprint density at radius 2 is 1.92 bits per heavy atom. The molecule has 0 saturated carbocycles. The van der Waals surface area contributed by atoms with E-state index >= 15 is 0 Å². The van der Waals surface area contributed by atoms with E-state index in [0.29, 0.717) is 0 Å². The summed E-state index contributed by atoms with van der Waals surface area (Å²) < 4.78 is 6.21. The summed E-state index contributed by atoms with van der Waals surface area (Å²) in [5.41, 5.74) is 0. The van der Waals surface area contributed by atoms with Crippen molar-refractivity contribution < 1.29 is 4.74 Å². The number of methoxy groups -OCH3 is 1. The third-order valence-electron chi connectivity index (χ3n) is 1.98. The third-order valence-corrected chi connectivity index (χ3v) is 2.63. The molecule has 0 aliphatic carbocycles. The van der Waals surface area contributed by atoms with E-state index in [1.165, 1.54) is 0 Å². The fourth-order valence-corrected chi connectivity index (χ4v) is 1.80. The number of rotatable bonds is 1. The van der Waals surface area contributed by atoms with E-state index in [9.17, 15) is 0 Å². The highest BCUT2D eigenvalue weighted by Crippen LogP contribution is 2.30. The van der Waals surface area contributed by atoms with Crippen molar-refractivity contribution in [2.45, 2.75) is 0 Å². The first-order valence-corrected chi connectivity index (χ1v) is 4.75. The zero-order chi connectivity index (χ0) is 9.26. The number of halogens is 1. The van der Waals surface area contributed by atoms with Crippen molar-refractivity contribution in [1.82, 2.24) is 0 Å². The average Bonchev–Trinajstić information content (AvgIpc) is 2.19. The lowest BCUT2D eigenvalue weighted by Gasteiger charge is -2.05. The number of ether oxygens (including phenoxy) is 1. The SMILES string of the molecule is COc1c[c]c(Br)c2ccccc12. The van der Waals surface area contributed by atoms with Crippen LogP contribution in [-0.2, 0) is 0 Å². The molecule has 0 N–H and O–H groups in total. The van der Waals surface area contributed by atoms with Gasteiger partial charge in [0.1, 0.15) is 5.75 Å². The van der Waals surface area contributed by atoms with Gasteiger partial charge in [-0.3, -0.25) is 0 Å². The minimum atomic E-state index is 0.860. The van der Waals surface area contributed by atoms with Gasteiger partial charge in [0.25, 0.3) is 0 Å². The number of hydrogen-bond donors (Lipinski definition) is 0. The quantitative estimate of drug-likeness (QED) is 0.737. The molecule has 0 spiro atoms. The maximum Gasteiger partial charge on any atom is 0.127 e. The first-order valence-electron chi connectivity index (χ1n) is 3.96. The van der Waals surface area contributed by atoms with Gasteiger partial charge in [-0.25, -0.2) is 0 Å². The summed E-state index contributed by atoms with van der Waals surface area (Å²) in [6.07, 6.45) is 0. The first kappa shape index (κ1) is 8.57. The Labute approximate surface area is 85.5 Å². The molecule has 0 atom stereocenters. The molecule has 1 nitrogen and oxygen atoms in total. The summed E-state index contributed by atoms with van der Waals surface area (Å²) in [5.74, 6) is 0.860. The Morgan fingerprint density at radius 1 is 1.23 bits per heavy atom. The number of benzene rings is 2. The predicted molar refractivity (Wildman–Crippen MR) is 57.0 cm³/mol. The average molecular weight is 236 g/mol. The fraction of sp³-hybridized carbons (Fsp3) is 0.0909. The lowest BCUT2D eigenvalue weighted by Crippen LogP contribution is -1.84. The minimum absolute atomic E-state index is 0.860. The van der Waals surface area contributed by atoms with Crippen LogP contribution >= 0.6 is 15.9 Å². The van der Waals surface area contributed by atoms with Crippen molar-refractivity contribution in [3.63, 3.8) is 0 Å². The van der Waals surface area contributed by atoms with E-state index in [1.807, 2.05) is 30.3 Å². The summed E-state index contributed by atoms with van der Waals surface area (Å²) in [4.78, 5) is 0. The molecule has 2 aromatic carbocycles. The van der Waals surface area contributed by atoms with E-state index in [0.717, 1.165) is 21.0 Å². The molecule has 0 aliphatic heterocycles. The van der Waals surface area contributed by atoms with Crippen LogP contribution < -0.4 is 4.74 Å². The van der Waals surface area contributed by atoms with E-state index in [4.69, 9.17) is 4.74 Å². The lowest BCUT2D eigenvalue weighted by molar-refractivity contribution is 0.419. The monoisotopic (exact) mass is 235 g/mol. The predicted octanol–water partition coefficient (Wildman–Crippen LogP) is 3.41. The van der Waals surface area contributed by atoms with Crippen molar-refractivity contribution >= 4 is 26.7 Å². The highest BCUT2D eigenvalue weighted by molar-refractivity contribution is 9.10. The van der Waals surface area contributed by atoms with Gasteiger partial charge in [-0.1, -0.05) is 24.3 Å². The molecule has 2 aromatic rings. The molecule has 0 unspecified atom stereocenters. The van der Waals surface area contributed by atoms with Crippen molar-refractivity contribution in [3.8, 4) is 5.75 Å². The van der Waals surface area contributed by atoms with E-state index in [1.54, 1.807) is 7.11 Å². The Morgan fingerprint density at radius 3 is 2.62 bits per heavy atom. The van der Waals surface area contributed by atoms with Gasteiger partial charge in [0.2, 0.25) is 0 Å². The zero-order valence-corrected chi connectivity index (χ0v) is 8.76. The summed E-state index contributed by atoms with van der Waals surface area (Å²) in [6, 6.07) is 13.0. The highest BCUT2D eigenvalue weighted by Gasteiger charge is 2.02. The van der Waals surface area contributed by atoms with Gasteiger partial charge in [-0.15, -0.1) is 0 Å². The second kappa shape index (κ2) is 3.38. The topological polar surface area (TPSA) is 9.23 Å². The second-order valence-corrected chi connectivity index (χ2v) is 3.51. The standard InChI is InChI=1S/C11H8BrO/c1-13-11-7-6-10(12)8-4-2-3-5-9(8)11/h2-5,7H,1H3. The fourth-order valence-electron chi connectivity index (χ4n) is 1.34. The maximum atomic E-state index is 5.23. The van der Waals surface area contributed by atoms with Crippen molar-refractivity contribution in [2.75, 3.05) is 7.11 Å². The molecule has 0 aliphatic rings. The number of fused-ring (bicyclic) bond motifs is 1. The molecule has 0 bridgehead atoms. The van der Waals surface area contributed by atoms with Gasteiger partial charge in [0, 0.05) is 21.3 Å². The van der Waals surface area contributed by atoms with Crippen LogP contribution in [0.4, 0.5) is 0 Å². The van der Waals surface area contributed by atoms with Crippen LogP contribution in [-0.4, -0.2) is 7.11 Å². The summed E-state index contributed by atoms with van der Waals surface area (Å²) in [5, 5.41) is 2.23. The largest absolute Gasteiger partial charge is 0.496 e. The van der Waals surface area contributed by atoms with Crippen LogP contribution in [0.2, 0.25) is 0 Å². The first-order chi connectivity index (χ1) is 6.33. The summed E-state index contributed by atoms with van der Waals surface area (Å²) >= 11 is 3.45. The van der Waals surface area contributed by atoms with Crippen LogP contribution in [0.3, 0.4) is 0 Å². The Bertz CT molecular complexity index is 437.